The molecule has 0 unspecified atom stereocenters. The van der Waals surface area contributed by atoms with E-state index in [1.54, 1.807) is 12.5 Å². The van der Waals surface area contributed by atoms with Gasteiger partial charge in [-0.05, 0) is 30.7 Å². The molecule has 0 saturated carbocycles. The molecule has 2 N–H and O–H groups in total. The van der Waals surface area contributed by atoms with Gasteiger partial charge < -0.3 is 15.2 Å². The second-order valence-corrected chi connectivity index (χ2v) is 6.03. The zero-order valence-corrected chi connectivity index (χ0v) is 18.6. The minimum Gasteiger partial charge on any atom is -0.357 e. The Morgan fingerprint density at radius 1 is 1.14 bits per heavy atom. The summed E-state index contributed by atoms with van der Waals surface area (Å²) in [6.07, 6.45) is 6.35. The quantitative estimate of drug-likeness (QED) is 0.286. The van der Waals surface area contributed by atoms with Crippen LogP contribution in [0.3, 0.4) is 0 Å². The number of hydrogen-bond acceptors (Lipinski definition) is 4. The summed E-state index contributed by atoms with van der Waals surface area (Å²) in [7, 11) is 0. The van der Waals surface area contributed by atoms with Crippen molar-refractivity contribution in [2.45, 2.75) is 33.4 Å². The molecule has 0 radical (unpaired) electrons. The molecule has 8 nitrogen and oxygen atoms in total. The number of benzene rings is 1. The van der Waals surface area contributed by atoms with Crippen molar-refractivity contribution in [3.8, 4) is 5.69 Å². The molecule has 2 aromatic heterocycles. The van der Waals surface area contributed by atoms with E-state index in [-0.39, 0.29) is 24.0 Å². The number of nitrogens with zero attached hydrogens (tertiary/aromatic N) is 6. The van der Waals surface area contributed by atoms with E-state index in [1.807, 2.05) is 16.9 Å². The second-order valence-electron chi connectivity index (χ2n) is 6.03. The second kappa shape index (κ2) is 11.4. The minimum atomic E-state index is 0. The van der Waals surface area contributed by atoms with Gasteiger partial charge in [0.1, 0.15) is 12.2 Å². The number of aryl methyl sites for hydroxylation is 1. The Morgan fingerprint density at radius 2 is 1.96 bits per heavy atom. The maximum absolute atomic E-state index is 4.67. The fourth-order valence-corrected chi connectivity index (χ4v) is 2.72. The molecule has 0 amide bonds. The van der Waals surface area contributed by atoms with Crippen LogP contribution in [0.4, 0.5) is 0 Å². The average molecular weight is 494 g/mol. The van der Waals surface area contributed by atoms with Crippen LogP contribution in [0.15, 0.2) is 54.0 Å². The van der Waals surface area contributed by atoms with Gasteiger partial charge in [-0.2, -0.15) is 5.10 Å². The molecule has 0 saturated heterocycles. The van der Waals surface area contributed by atoms with Gasteiger partial charge in [0.25, 0.3) is 0 Å². The molecule has 0 aliphatic rings. The van der Waals surface area contributed by atoms with Crippen LogP contribution in [0.2, 0.25) is 0 Å². The molecular weight excluding hydrogens is 467 g/mol. The van der Waals surface area contributed by atoms with Crippen molar-refractivity contribution >= 4 is 29.9 Å². The molecule has 0 bridgehead atoms. The van der Waals surface area contributed by atoms with Gasteiger partial charge in [0, 0.05) is 38.4 Å². The number of rotatable bonds is 8. The van der Waals surface area contributed by atoms with Gasteiger partial charge in [-0.1, -0.05) is 19.1 Å². The van der Waals surface area contributed by atoms with E-state index < -0.39 is 0 Å². The first-order chi connectivity index (χ1) is 13.3. The van der Waals surface area contributed by atoms with E-state index >= 15 is 0 Å². The van der Waals surface area contributed by atoms with Crippen LogP contribution in [0.25, 0.3) is 5.69 Å². The largest absolute Gasteiger partial charge is 0.357 e. The third-order valence-corrected chi connectivity index (χ3v) is 4.13. The van der Waals surface area contributed by atoms with Crippen molar-refractivity contribution in [3.63, 3.8) is 0 Å². The molecule has 28 heavy (non-hydrogen) atoms. The van der Waals surface area contributed by atoms with Crippen LogP contribution < -0.4 is 10.6 Å². The number of aliphatic imine (C=N–C) groups is 1. The van der Waals surface area contributed by atoms with Crippen LogP contribution in [-0.2, 0) is 19.5 Å². The topological polar surface area (TPSA) is 85.0 Å². The lowest BCUT2D eigenvalue weighted by molar-refractivity contribution is 0.632. The average Bonchev–Trinajstić information content (AvgIpc) is 3.38. The number of hydrogen-bond donors (Lipinski definition) is 2. The van der Waals surface area contributed by atoms with E-state index in [2.05, 4.69) is 73.6 Å². The molecule has 0 aliphatic heterocycles. The Hall–Kier alpha value is -2.43. The summed E-state index contributed by atoms with van der Waals surface area (Å²) < 4.78 is 3.90. The van der Waals surface area contributed by atoms with Gasteiger partial charge in [0.05, 0.1) is 12.2 Å². The molecule has 1 aromatic carbocycles. The highest BCUT2D eigenvalue weighted by molar-refractivity contribution is 14.0. The monoisotopic (exact) mass is 494 g/mol. The molecule has 2 heterocycles. The first-order valence-corrected chi connectivity index (χ1v) is 9.28. The molecule has 0 spiro atoms. The maximum atomic E-state index is 4.67. The first-order valence-electron chi connectivity index (χ1n) is 9.28. The molecule has 9 heteroatoms. The van der Waals surface area contributed by atoms with Crippen LogP contribution in [0.1, 0.15) is 25.2 Å². The Bertz CT molecular complexity index is 839. The maximum Gasteiger partial charge on any atom is 0.191 e. The molecule has 3 rings (SSSR count). The number of nitrogens with one attached hydrogen (secondary N) is 2. The van der Waals surface area contributed by atoms with Gasteiger partial charge in [-0.15, -0.1) is 34.2 Å². The van der Waals surface area contributed by atoms with Crippen molar-refractivity contribution in [2.24, 2.45) is 4.99 Å². The summed E-state index contributed by atoms with van der Waals surface area (Å²) in [5.41, 5.74) is 2.19. The number of halogens is 1. The lowest BCUT2D eigenvalue weighted by Crippen LogP contribution is -2.38. The van der Waals surface area contributed by atoms with Crippen molar-refractivity contribution in [2.75, 3.05) is 13.1 Å². The smallest absolute Gasteiger partial charge is 0.191 e. The van der Waals surface area contributed by atoms with Crippen molar-refractivity contribution in [1.82, 2.24) is 35.2 Å². The third-order valence-electron chi connectivity index (χ3n) is 4.13. The minimum absolute atomic E-state index is 0. The fourth-order valence-electron chi connectivity index (χ4n) is 2.72. The number of aromatic nitrogens is 5. The van der Waals surface area contributed by atoms with Gasteiger partial charge in [-0.25, -0.2) is 9.67 Å². The highest BCUT2D eigenvalue weighted by atomic mass is 127. The normalized spacial score (nSPS) is 11.1. The highest BCUT2D eigenvalue weighted by Gasteiger charge is 2.03. The van der Waals surface area contributed by atoms with Crippen molar-refractivity contribution in [3.05, 3.63) is 60.4 Å². The SMILES string of the molecule is CCNC(=NCc1ccc(-n2cccn2)cc1)NCCn1cnnc1CC.I. The Morgan fingerprint density at radius 3 is 2.64 bits per heavy atom. The fraction of sp³-hybridized carbons (Fsp3) is 0.368. The van der Waals surface area contributed by atoms with Gasteiger partial charge in [0.15, 0.2) is 5.96 Å². The summed E-state index contributed by atoms with van der Waals surface area (Å²) in [5, 5.41) is 18.9. The summed E-state index contributed by atoms with van der Waals surface area (Å²) in [6, 6.07) is 10.2. The van der Waals surface area contributed by atoms with Crippen molar-refractivity contribution in [1.29, 1.82) is 0 Å². The Kier molecular flexibility index (Phi) is 8.92. The predicted octanol–water partition coefficient (Wildman–Crippen LogP) is 2.40. The first kappa shape index (κ1) is 21.9. The van der Waals surface area contributed by atoms with E-state index in [9.17, 15) is 0 Å². The Labute approximate surface area is 182 Å². The van der Waals surface area contributed by atoms with Crippen LogP contribution >= 0.6 is 24.0 Å². The zero-order chi connectivity index (χ0) is 18.9. The van der Waals surface area contributed by atoms with E-state index in [0.717, 1.165) is 49.1 Å². The Balaban J connectivity index is 0.00000280. The van der Waals surface area contributed by atoms with Gasteiger partial charge in [0.2, 0.25) is 0 Å². The molecular formula is C19H27IN8. The van der Waals surface area contributed by atoms with Crippen molar-refractivity contribution < 1.29 is 0 Å². The highest BCUT2D eigenvalue weighted by Crippen LogP contribution is 2.09. The standard InChI is InChI=1S/C19H26N8.HI/c1-3-18-25-23-15-26(18)13-11-21-19(20-4-2)22-14-16-6-8-17(9-7-16)27-12-5-10-24-27;/h5-10,12,15H,3-4,11,13-14H2,1-2H3,(H2,20,21,22);1H. The van der Waals surface area contributed by atoms with E-state index in [4.69, 9.17) is 0 Å². The molecule has 0 atom stereocenters. The van der Waals surface area contributed by atoms with Gasteiger partial charge in [-0.3, -0.25) is 0 Å². The molecule has 0 fully saturated rings. The predicted molar refractivity (Wildman–Crippen MR) is 121 cm³/mol. The van der Waals surface area contributed by atoms with E-state index in [0.29, 0.717) is 6.54 Å². The summed E-state index contributed by atoms with van der Waals surface area (Å²) in [6.45, 7) is 7.13. The molecule has 3 aromatic rings. The lowest BCUT2D eigenvalue weighted by Gasteiger charge is -2.12. The van der Waals surface area contributed by atoms with Crippen LogP contribution in [0, 0.1) is 0 Å². The molecule has 150 valence electrons. The third kappa shape index (κ3) is 6.04. The summed E-state index contributed by atoms with van der Waals surface area (Å²) in [4.78, 5) is 4.67. The summed E-state index contributed by atoms with van der Waals surface area (Å²) >= 11 is 0. The van der Waals surface area contributed by atoms with Crippen LogP contribution in [-0.4, -0.2) is 43.6 Å². The number of guanidine groups is 1. The van der Waals surface area contributed by atoms with Crippen LogP contribution in [0.5, 0.6) is 0 Å². The van der Waals surface area contributed by atoms with Gasteiger partial charge >= 0.3 is 0 Å². The summed E-state index contributed by atoms with van der Waals surface area (Å²) in [5.74, 6) is 1.80. The lowest BCUT2D eigenvalue weighted by atomic mass is 10.2. The van der Waals surface area contributed by atoms with E-state index in [1.165, 1.54) is 0 Å². The zero-order valence-electron chi connectivity index (χ0n) is 16.2. The molecule has 0 aliphatic carbocycles.